The summed E-state index contributed by atoms with van der Waals surface area (Å²) < 4.78 is 26.5. The highest BCUT2D eigenvalue weighted by Gasteiger charge is 2.24. The second-order valence-corrected chi connectivity index (χ2v) is 9.09. The van der Waals surface area contributed by atoms with Crippen molar-refractivity contribution in [3.63, 3.8) is 0 Å². The van der Waals surface area contributed by atoms with Crippen LogP contribution in [0.1, 0.15) is 24.7 Å². The van der Waals surface area contributed by atoms with Gasteiger partial charge in [0.1, 0.15) is 11.2 Å². The molecule has 1 N–H and O–H groups in total. The van der Waals surface area contributed by atoms with Crippen LogP contribution < -0.4 is 5.56 Å². The van der Waals surface area contributed by atoms with Crippen molar-refractivity contribution < 1.29 is 13.6 Å². The SMILES string of the molecule is Cc1nc2c(cnn2-c2ccc(S(C)(=O)=O)cc2)c(=O)n1C1CCN(O)CC1. The lowest BCUT2D eigenvalue weighted by molar-refractivity contribution is -0.110. The van der Waals surface area contributed by atoms with Gasteiger partial charge in [-0.3, -0.25) is 9.36 Å². The standard InChI is InChI=1S/C18H21N5O4S/c1-12-20-17-16(18(24)22(12)13-7-9-21(25)10-8-13)11-19-23(17)14-3-5-15(6-4-14)28(2,26)27/h3-6,11,13,25H,7-10H2,1-2H3. The van der Waals surface area contributed by atoms with Gasteiger partial charge in [-0.1, -0.05) is 0 Å². The molecule has 3 heterocycles. The summed E-state index contributed by atoms with van der Waals surface area (Å²) in [7, 11) is -3.29. The van der Waals surface area contributed by atoms with Crippen molar-refractivity contribution in [2.24, 2.45) is 0 Å². The summed E-state index contributed by atoms with van der Waals surface area (Å²) in [5.74, 6) is 0.586. The van der Waals surface area contributed by atoms with Crippen molar-refractivity contribution in [3.8, 4) is 5.69 Å². The first-order valence-corrected chi connectivity index (χ1v) is 10.9. The molecule has 9 nitrogen and oxygen atoms in total. The third-order valence-electron chi connectivity index (χ3n) is 5.12. The minimum atomic E-state index is -3.29. The van der Waals surface area contributed by atoms with Gasteiger partial charge in [0, 0.05) is 25.4 Å². The molecule has 1 aromatic carbocycles. The van der Waals surface area contributed by atoms with Gasteiger partial charge in [0.2, 0.25) is 0 Å². The second-order valence-electron chi connectivity index (χ2n) is 7.08. The fourth-order valence-corrected chi connectivity index (χ4v) is 4.28. The topological polar surface area (TPSA) is 110 Å². The number of hydroxylamine groups is 2. The van der Waals surface area contributed by atoms with Gasteiger partial charge in [-0.25, -0.2) is 18.1 Å². The van der Waals surface area contributed by atoms with Gasteiger partial charge in [-0.2, -0.15) is 10.2 Å². The summed E-state index contributed by atoms with van der Waals surface area (Å²) >= 11 is 0. The molecule has 0 amide bonds. The van der Waals surface area contributed by atoms with E-state index in [1.807, 2.05) is 0 Å². The largest absolute Gasteiger partial charge is 0.314 e. The molecule has 0 aliphatic carbocycles. The smallest absolute Gasteiger partial charge is 0.264 e. The molecule has 1 saturated heterocycles. The molecule has 0 unspecified atom stereocenters. The van der Waals surface area contributed by atoms with Crippen molar-refractivity contribution in [2.75, 3.05) is 19.3 Å². The van der Waals surface area contributed by atoms with Crippen LogP contribution in [0.15, 0.2) is 40.2 Å². The van der Waals surface area contributed by atoms with Crippen molar-refractivity contribution in [3.05, 3.63) is 46.6 Å². The van der Waals surface area contributed by atoms with Gasteiger partial charge in [0.25, 0.3) is 5.56 Å². The Morgan fingerprint density at radius 1 is 1.14 bits per heavy atom. The zero-order valence-electron chi connectivity index (χ0n) is 15.6. The highest BCUT2D eigenvalue weighted by atomic mass is 32.2. The van der Waals surface area contributed by atoms with Gasteiger partial charge in [-0.05, 0) is 44.0 Å². The van der Waals surface area contributed by atoms with Crippen LogP contribution in [0.2, 0.25) is 0 Å². The molecule has 10 heteroatoms. The number of nitrogens with zero attached hydrogens (tertiary/aromatic N) is 5. The summed E-state index contributed by atoms with van der Waals surface area (Å²) in [4.78, 5) is 17.9. The number of piperidine rings is 1. The lowest BCUT2D eigenvalue weighted by Crippen LogP contribution is -2.37. The molecule has 0 radical (unpaired) electrons. The molecule has 0 spiro atoms. The van der Waals surface area contributed by atoms with Crippen LogP contribution in [0, 0.1) is 6.92 Å². The van der Waals surface area contributed by atoms with E-state index in [2.05, 4.69) is 10.1 Å². The summed E-state index contributed by atoms with van der Waals surface area (Å²) in [5, 5.41) is 15.5. The first kappa shape index (κ1) is 18.8. The Labute approximate surface area is 161 Å². The third-order valence-corrected chi connectivity index (χ3v) is 6.25. The number of aromatic nitrogens is 4. The average molecular weight is 403 g/mol. The summed E-state index contributed by atoms with van der Waals surface area (Å²) in [6, 6.07) is 6.29. The maximum Gasteiger partial charge on any atom is 0.264 e. The van der Waals surface area contributed by atoms with Crippen molar-refractivity contribution >= 4 is 20.9 Å². The van der Waals surface area contributed by atoms with Crippen molar-refractivity contribution in [1.29, 1.82) is 0 Å². The predicted molar refractivity (Wildman–Crippen MR) is 103 cm³/mol. The van der Waals surface area contributed by atoms with Crippen LogP contribution in [-0.4, -0.2) is 57.4 Å². The quantitative estimate of drug-likeness (QED) is 0.702. The number of sulfone groups is 1. The normalized spacial score (nSPS) is 16.7. The van der Waals surface area contributed by atoms with Gasteiger partial charge in [0.05, 0.1) is 16.8 Å². The van der Waals surface area contributed by atoms with E-state index >= 15 is 0 Å². The van der Waals surface area contributed by atoms with Crippen molar-refractivity contribution in [1.82, 2.24) is 24.4 Å². The van der Waals surface area contributed by atoms with Crippen LogP contribution in [0.5, 0.6) is 0 Å². The molecule has 2 aromatic heterocycles. The monoisotopic (exact) mass is 403 g/mol. The Morgan fingerprint density at radius 3 is 2.39 bits per heavy atom. The summed E-state index contributed by atoms with van der Waals surface area (Å²) in [5.41, 5.74) is 0.906. The van der Waals surface area contributed by atoms with Crippen LogP contribution in [0.3, 0.4) is 0 Å². The van der Waals surface area contributed by atoms with Gasteiger partial charge >= 0.3 is 0 Å². The van der Waals surface area contributed by atoms with Crippen LogP contribution in [-0.2, 0) is 9.84 Å². The molecule has 1 fully saturated rings. The number of rotatable bonds is 3. The summed E-state index contributed by atoms with van der Waals surface area (Å²) in [6.07, 6.45) is 3.99. The van der Waals surface area contributed by atoms with Gasteiger partial charge in [0.15, 0.2) is 15.5 Å². The summed E-state index contributed by atoms with van der Waals surface area (Å²) in [6.45, 7) is 2.82. The highest BCUT2D eigenvalue weighted by Crippen LogP contribution is 2.23. The van der Waals surface area contributed by atoms with E-state index in [4.69, 9.17) is 0 Å². The first-order chi connectivity index (χ1) is 13.3. The van der Waals surface area contributed by atoms with E-state index < -0.39 is 9.84 Å². The Kier molecular flexibility index (Phi) is 4.56. The minimum absolute atomic E-state index is 0.00908. The fourth-order valence-electron chi connectivity index (χ4n) is 3.65. The Morgan fingerprint density at radius 2 is 1.79 bits per heavy atom. The van der Waals surface area contributed by atoms with Crippen LogP contribution in [0.4, 0.5) is 0 Å². The van der Waals surface area contributed by atoms with Crippen LogP contribution >= 0.6 is 0 Å². The number of hydrogen-bond donors (Lipinski definition) is 1. The Balaban J connectivity index is 1.78. The molecule has 4 rings (SSSR count). The average Bonchev–Trinajstić information content (AvgIpc) is 3.06. The molecular formula is C18H21N5O4S. The molecule has 1 aliphatic heterocycles. The molecule has 148 valence electrons. The van der Waals surface area contributed by atoms with E-state index in [1.54, 1.807) is 23.6 Å². The molecule has 3 aromatic rings. The molecule has 0 bridgehead atoms. The molecule has 1 aliphatic rings. The third kappa shape index (κ3) is 3.23. The maximum absolute atomic E-state index is 13.1. The van der Waals surface area contributed by atoms with E-state index in [1.165, 1.54) is 28.1 Å². The zero-order valence-corrected chi connectivity index (χ0v) is 16.4. The van der Waals surface area contributed by atoms with Crippen molar-refractivity contribution in [2.45, 2.75) is 30.7 Å². The first-order valence-electron chi connectivity index (χ1n) is 8.97. The number of fused-ring (bicyclic) bond motifs is 1. The lowest BCUT2D eigenvalue weighted by Gasteiger charge is -2.29. The number of benzene rings is 1. The Hall–Kier alpha value is -2.56. The molecule has 0 atom stereocenters. The number of aryl methyl sites for hydroxylation is 1. The molecule has 28 heavy (non-hydrogen) atoms. The highest BCUT2D eigenvalue weighted by molar-refractivity contribution is 7.90. The number of hydrogen-bond acceptors (Lipinski definition) is 7. The lowest BCUT2D eigenvalue weighted by atomic mass is 10.1. The van der Waals surface area contributed by atoms with Gasteiger partial charge < -0.3 is 5.21 Å². The zero-order chi connectivity index (χ0) is 20.1. The van der Waals surface area contributed by atoms with E-state index in [-0.39, 0.29) is 16.5 Å². The minimum Gasteiger partial charge on any atom is -0.314 e. The molecular weight excluding hydrogens is 382 g/mol. The van der Waals surface area contributed by atoms with E-state index in [0.29, 0.717) is 48.5 Å². The predicted octanol–water partition coefficient (Wildman–Crippen LogP) is 1.32. The van der Waals surface area contributed by atoms with E-state index in [0.717, 1.165) is 6.26 Å². The second kappa shape index (κ2) is 6.80. The maximum atomic E-state index is 13.1. The Bertz CT molecular complexity index is 1190. The molecule has 0 saturated carbocycles. The van der Waals surface area contributed by atoms with Crippen LogP contribution in [0.25, 0.3) is 16.7 Å². The fraction of sp³-hybridized carbons (Fsp3) is 0.389. The van der Waals surface area contributed by atoms with E-state index in [9.17, 15) is 18.4 Å². The van der Waals surface area contributed by atoms with Gasteiger partial charge in [-0.15, -0.1) is 0 Å².